The predicted octanol–water partition coefficient (Wildman–Crippen LogP) is 3.61. The van der Waals surface area contributed by atoms with E-state index in [-0.39, 0.29) is 30.5 Å². The van der Waals surface area contributed by atoms with Crippen molar-refractivity contribution in [3.05, 3.63) is 43.5 Å². The number of benzene rings is 1. The van der Waals surface area contributed by atoms with Crippen molar-refractivity contribution in [2.45, 2.75) is 4.90 Å². The van der Waals surface area contributed by atoms with E-state index < -0.39 is 15.9 Å². The van der Waals surface area contributed by atoms with Crippen molar-refractivity contribution in [2.75, 3.05) is 4.72 Å². The minimum Gasteiger partial charge on any atom is -0.365 e. The Labute approximate surface area is 139 Å². The molecule has 1 amide bonds. The maximum absolute atomic E-state index is 12.3. The van der Waals surface area contributed by atoms with Gasteiger partial charge < -0.3 is 5.73 Å². The highest BCUT2D eigenvalue weighted by Gasteiger charge is 2.22. The van der Waals surface area contributed by atoms with Crippen LogP contribution in [0.3, 0.4) is 0 Å². The molecule has 0 fully saturated rings. The number of nitrogens with two attached hydrogens (primary N) is 1. The molecule has 0 aliphatic heterocycles. The number of rotatable bonds is 4. The molecule has 3 N–H and O–H groups in total. The van der Waals surface area contributed by atoms with E-state index in [0.717, 1.165) is 17.4 Å². The van der Waals surface area contributed by atoms with Gasteiger partial charge in [-0.05, 0) is 23.6 Å². The Morgan fingerprint density at radius 1 is 1.14 bits per heavy atom. The van der Waals surface area contributed by atoms with Crippen molar-refractivity contribution in [2.24, 2.45) is 5.73 Å². The van der Waals surface area contributed by atoms with E-state index in [0.29, 0.717) is 0 Å². The number of amides is 1. The summed E-state index contributed by atoms with van der Waals surface area (Å²) >= 11 is 18.5. The molecule has 21 heavy (non-hydrogen) atoms. The standard InChI is InChI=1S/C11H7Cl3N2O3S2/c12-5-3-7(14)9(4-6(5)13)21(18,19)16-8-1-2-20-10(8)11(15)17/h1-4,16H,(H2,15,17). The van der Waals surface area contributed by atoms with Crippen molar-refractivity contribution in [3.8, 4) is 0 Å². The first-order valence-corrected chi connectivity index (χ1v) is 8.76. The number of carbonyl (C=O) groups excluding carboxylic acids is 1. The van der Waals surface area contributed by atoms with Crippen LogP contribution in [0.1, 0.15) is 9.67 Å². The molecule has 0 atom stereocenters. The van der Waals surface area contributed by atoms with Gasteiger partial charge in [-0.1, -0.05) is 34.8 Å². The molecule has 0 spiro atoms. The molecule has 2 rings (SSSR count). The molecule has 2 aromatic rings. The molecule has 0 bridgehead atoms. The number of anilines is 1. The van der Waals surface area contributed by atoms with Crippen LogP contribution < -0.4 is 10.5 Å². The molecular weight excluding hydrogens is 379 g/mol. The topological polar surface area (TPSA) is 89.3 Å². The third-order valence-electron chi connectivity index (χ3n) is 2.40. The highest BCUT2D eigenvalue weighted by molar-refractivity contribution is 7.92. The summed E-state index contributed by atoms with van der Waals surface area (Å²) in [6.45, 7) is 0. The minimum absolute atomic E-state index is 0.0434. The normalized spacial score (nSPS) is 11.4. The number of carbonyl (C=O) groups is 1. The zero-order valence-corrected chi connectivity index (χ0v) is 14.0. The first-order valence-electron chi connectivity index (χ1n) is 5.27. The van der Waals surface area contributed by atoms with Gasteiger partial charge in [0.05, 0.1) is 20.8 Å². The SMILES string of the molecule is NC(=O)c1sccc1NS(=O)(=O)c1cc(Cl)c(Cl)cc1Cl. The van der Waals surface area contributed by atoms with Crippen molar-refractivity contribution in [1.82, 2.24) is 0 Å². The second-order valence-corrected chi connectivity index (χ2v) is 7.62. The Kier molecular flexibility index (Phi) is 4.69. The van der Waals surface area contributed by atoms with Crippen LogP contribution in [0.4, 0.5) is 5.69 Å². The van der Waals surface area contributed by atoms with E-state index in [2.05, 4.69) is 4.72 Å². The van der Waals surface area contributed by atoms with Gasteiger partial charge in [-0.2, -0.15) is 0 Å². The average Bonchev–Trinajstić information content (AvgIpc) is 2.81. The first kappa shape index (κ1) is 16.4. The zero-order chi connectivity index (χ0) is 15.8. The summed E-state index contributed by atoms with van der Waals surface area (Å²) in [6.07, 6.45) is 0. The fourth-order valence-corrected chi connectivity index (χ4v) is 4.33. The summed E-state index contributed by atoms with van der Waals surface area (Å²) in [4.78, 5) is 11.0. The van der Waals surface area contributed by atoms with Gasteiger partial charge in [-0.15, -0.1) is 11.3 Å². The van der Waals surface area contributed by atoms with Crippen LogP contribution in [0.15, 0.2) is 28.5 Å². The number of hydrogen-bond donors (Lipinski definition) is 2. The molecule has 0 aliphatic carbocycles. The number of nitrogens with one attached hydrogen (secondary N) is 1. The zero-order valence-electron chi connectivity index (χ0n) is 10.1. The summed E-state index contributed by atoms with van der Waals surface area (Å²) in [5.74, 6) is -0.733. The van der Waals surface area contributed by atoms with Gasteiger partial charge in [-0.25, -0.2) is 8.42 Å². The molecular formula is C11H7Cl3N2O3S2. The molecule has 1 aromatic heterocycles. The molecule has 0 aliphatic rings. The van der Waals surface area contributed by atoms with Crippen molar-refractivity contribution in [3.63, 3.8) is 0 Å². The van der Waals surface area contributed by atoms with Crippen molar-refractivity contribution >= 4 is 67.8 Å². The largest absolute Gasteiger partial charge is 0.365 e. The number of sulfonamides is 1. The first-order chi connectivity index (χ1) is 9.72. The molecule has 1 heterocycles. The lowest BCUT2D eigenvalue weighted by Gasteiger charge is -2.10. The second-order valence-electron chi connectivity index (χ2n) is 3.83. The van der Waals surface area contributed by atoms with E-state index in [4.69, 9.17) is 40.5 Å². The van der Waals surface area contributed by atoms with Crippen LogP contribution in [0.5, 0.6) is 0 Å². The van der Waals surface area contributed by atoms with E-state index in [9.17, 15) is 13.2 Å². The summed E-state index contributed by atoms with van der Waals surface area (Å²) < 4.78 is 26.9. The summed E-state index contributed by atoms with van der Waals surface area (Å²) in [6, 6.07) is 3.78. The minimum atomic E-state index is -4.04. The van der Waals surface area contributed by atoms with Gasteiger partial charge >= 0.3 is 0 Å². The van der Waals surface area contributed by atoms with Gasteiger partial charge in [-0.3, -0.25) is 9.52 Å². The van der Waals surface area contributed by atoms with Crippen molar-refractivity contribution in [1.29, 1.82) is 0 Å². The molecule has 0 saturated heterocycles. The third kappa shape index (κ3) is 3.44. The average molecular weight is 386 g/mol. The number of primary amides is 1. The van der Waals surface area contributed by atoms with Gasteiger partial charge in [0.2, 0.25) is 0 Å². The molecule has 0 radical (unpaired) electrons. The van der Waals surface area contributed by atoms with Crippen LogP contribution in [-0.4, -0.2) is 14.3 Å². The summed E-state index contributed by atoms with van der Waals surface area (Å²) in [5.41, 5.74) is 5.24. The third-order valence-corrected chi connectivity index (χ3v) is 5.88. The maximum Gasteiger partial charge on any atom is 0.263 e. The van der Waals surface area contributed by atoms with Crippen LogP contribution >= 0.6 is 46.1 Å². The van der Waals surface area contributed by atoms with Crippen LogP contribution in [0, 0.1) is 0 Å². The smallest absolute Gasteiger partial charge is 0.263 e. The fourth-order valence-electron chi connectivity index (χ4n) is 1.49. The van der Waals surface area contributed by atoms with Crippen LogP contribution in [-0.2, 0) is 10.0 Å². The predicted molar refractivity (Wildman–Crippen MR) is 85.1 cm³/mol. The van der Waals surface area contributed by atoms with Gasteiger partial charge in [0.25, 0.3) is 15.9 Å². The molecule has 5 nitrogen and oxygen atoms in total. The Hall–Kier alpha value is -0.990. The highest BCUT2D eigenvalue weighted by atomic mass is 35.5. The lowest BCUT2D eigenvalue weighted by molar-refractivity contribution is 0.100. The maximum atomic E-state index is 12.3. The van der Waals surface area contributed by atoms with E-state index >= 15 is 0 Å². The fraction of sp³-hybridized carbons (Fsp3) is 0. The van der Waals surface area contributed by atoms with Crippen LogP contribution in [0.2, 0.25) is 15.1 Å². The van der Waals surface area contributed by atoms with Gasteiger partial charge in [0, 0.05) is 0 Å². The second kappa shape index (κ2) is 6.02. The Morgan fingerprint density at radius 2 is 1.76 bits per heavy atom. The quantitative estimate of drug-likeness (QED) is 0.788. The van der Waals surface area contributed by atoms with E-state index in [1.54, 1.807) is 0 Å². The number of halogens is 3. The summed E-state index contributed by atoms with van der Waals surface area (Å²) in [5, 5.41) is 1.62. The van der Waals surface area contributed by atoms with E-state index in [1.165, 1.54) is 17.5 Å². The highest BCUT2D eigenvalue weighted by Crippen LogP contribution is 2.33. The van der Waals surface area contributed by atoms with Crippen molar-refractivity contribution < 1.29 is 13.2 Å². The van der Waals surface area contributed by atoms with Gasteiger partial charge in [0.1, 0.15) is 9.77 Å². The number of hydrogen-bond acceptors (Lipinski definition) is 4. The molecule has 0 unspecified atom stereocenters. The van der Waals surface area contributed by atoms with E-state index in [1.807, 2.05) is 0 Å². The monoisotopic (exact) mass is 384 g/mol. The molecule has 1 aromatic carbocycles. The molecule has 0 saturated carbocycles. The molecule has 10 heteroatoms. The number of thiophene rings is 1. The Bertz CT molecular complexity index is 818. The Balaban J connectivity index is 2.46. The summed E-state index contributed by atoms with van der Waals surface area (Å²) in [7, 11) is -4.04. The lowest BCUT2D eigenvalue weighted by atomic mass is 10.4. The van der Waals surface area contributed by atoms with Crippen LogP contribution in [0.25, 0.3) is 0 Å². The van der Waals surface area contributed by atoms with Gasteiger partial charge in [0.15, 0.2) is 0 Å². The molecule has 112 valence electrons. The lowest BCUT2D eigenvalue weighted by Crippen LogP contribution is -2.17. The Morgan fingerprint density at radius 3 is 2.38 bits per heavy atom.